The third kappa shape index (κ3) is 4.77. The lowest BCUT2D eigenvalue weighted by molar-refractivity contribution is 1.07. The number of aromatic nitrogens is 5. The molecule has 0 atom stereocenters. The van der Waals surface area contributed by atoms with Crippen LogP contribution in [-0.2, 0) is 0 Å². The monoisotopic (exact) mass is 613 g/mol. The normalized spacial score (nSPS) is 11.3. The molecule has 9 aromatic rings. The smallest absolute Gasteiger partial charge is 0.165 e. The third-order valence-electron chi connectivity index (χ3n) is 8.91. The molecule has 0 aliphatic heterocycles. The molecule has 5 nitrogen and oxygen atoms in total. The van der Waals surface area contributed by atoms with Crippen LogP contribution in [0.5, 0.6) is 0 Å². The molecule has 6 aromatic carbocycles. The predicted molar refractivity (Wildman–Crippen MR) is 197 cm³/mol. The lowest BCUT2D eigenvalue weighted by Crippen LogP contribution is -2.00. The van der Waals surface area contributed by atoms with Gasteiger partial charge < -0.3 is 0 Å². The zero-order valence-corrected chi connectivity index (χ0v) is 25.8. The van der Waals surface area contributed by atoms with E-state index in [-0.39, 0.29) is 0 Å². The highest BCUT2D eigenvalue weighted by Gasteiger charge is 2.14. The van der Waals surface area contributed by atoms with Crippen molar-refractivity contribution >= 4 is 53.9 Å². The molecule has 0 radical (unpaired) electrons. The van der Waals surface area contributed by atoms with Crippen LogP contribution >= 0.6 is 0 Å². The van der Waals surface area contributed by atoms with E-state index in [0.717, 1.165) is 32.8 Å². The number of hydrogen-bond acceptors (Lipinski definition) is 5. The molecule has 5 heteroatoms. The van der Waals surface area contributed by atoms with Gasteiger partial charge in [0.2, 0.25) is 0 Å². The quantitative estimate of drug-likeness (QED) is 0.198. The summed E-state index contributed by atoms with van der Waals surface area (Å²) in [7, 11) is 0. The zero-order chi connectivity index (χ0) is 31.9. The van der Waals surface area contributed by atoms with E-state index in [2.05, 4.69) is 125 Å². The first kappa shape index (κ1) is 27.7. The van der Waals surface area contributed by atoms with Crippen LogP contribution in [0.15, 0.2) is 164 Å². The van der Waals surface area contributed by atoms with E-state index in [1.54, 1.807) is 24.8 Å². The molecule has 0 N–H and O–H groups in total. The zero-order valence-electron chi connectivity index (χ0n) is 25.8. The molecule has 48 heavy (non-hydrogen) atoms. The van der Waals surface area contributed by atoms with Crippen molar-refractivity contribution in [2.45, 2.75) is 0 Å². The first-order chi connectivity index (χ1) is 23.8. The first-order valence-electron chi connectivity index (χ1n) is 15.9. The molecular weight excluding hydrogens is 587 g/mol. The van der Waals surface area contributed by atoms with Gasteiger partial charge in [-0.15, -0.1) is 0 Å². The number of benzene rings is 5. The molecule has 0 saturated heterocycles. The van der Waals surface area contributed by atoms with Crippen LogP contribution in [0.4, 0.5) is 0 Å². The third-order valence-corrected chi connectivity index (χ3v) is 8.91. The lowest BCUT2D eigenvalue weighted by Gasteiger charge is -2.11. The van der Waals surface area contributed by atoms with Crippen molar-refractivity contribution in [2.75, 3.05) is 0 Å². The summed E-state index contributed by atoms with van der Waals surface area (Å²) in [4.78, 5) is 23.5. The van der Waals surface area contributed by atoms with E-state index < -0.39 is 0 Å². The molecule has 224 valence electrons. The Morgan fingerprint density at radius 2 is 0.604 bits per heavy atom. The molecule has 0 aliphatic rings. The highest BCUT2D eigenvalue weighted by molar-refractivity contribution is 6.26. The van der Waals surface area contributed by atoms with Gasteiger partial charge in [-0.05, 0) is 84.2 Å². The van der Waals surface area contributed by atoms with Crippen molar-refractivity contribution in [2.24, 2.45) is 0 Å². The van der Waals surface area contributed by atoms with Crippen LogP contribution in [-0.4, -0.2) is 24.9 Å². The van der Waals surface area contributed by atoms with Gasteiger partial charge in [0.25, 0.3) is 0 Å². The minimum atomic E-state index is 0.559. The largest absolute Gasteiger partial charge is 0.264 e. The topological polar surface area (TPSA) is 64.5 Å². The van der Waals surface area contributed by atoms with E-state index in [1.165, 1.54) is 37.7 Å². The van der Waals surface area contributed by atoms with Crippen molar-refractivity contribution in [1.82, 2.24) is 24.9 Å². The fourth-order valence-electron chi connectivity index (χ4n) is 6.71. The lowest BCUT2D eigenvalue weighted by atomic mass is 9.94. The van der Waals surface area contributed by atoms with Crippen molar-refractivity contribution in [3.05, 3.63) is 164 Å². The van der Waals surface area contributed by atoms with Gasteiger partial charge in [0.1, 0.15) is 0 Å². The maximum Gasteiger partial charge on any atom is 0.165 e. The van der Waals surface area contributed by atoms with Gasteiger partial charge in [0, 0.05) is 41.5 Å². The van der Waals surface area contributed by atoms with Gasteiger partial charge in [-0.25, -0.2) is 15.0 Å². The second-order valence-electron chi connectivity index (χ2n) is 11.7. The van der Waals surface area contributed by atoms with Gasteiger partial charge in [0.05, 0.1) is 0 Å². The van der Waals surface area contributed by atoms with E-state index in [4.69, 9.17) is 15.0 Å². The Morgan fingerprint density at radius 3 is 0.958 bits per heavy atom. The fraction of sp³-hybridized carbons (Fsp3) is 0. The number of fused-ring (bicyclic) bond motifs is 10. The SMILES string of the molecule is c1cncc(-c2nc(-c3cccnc3)nc(-c3ccc4c5ccccc5c5ccccc5c5ccccc5c5ccccc5c4c3)n2)c1. The molecule has 0 bridgehead atoms. The van der Waals surface area contributed by atoms with Crippen LogP contribution in [0, 0.1) is 0 Å². The summed E-state index contributed by atoms with van der Waals surface area (Å²) in [6.45, 7) is 0. The number of hydrogen-bond donors (Lipinski definition) is 0. The van der Waals surface area contributed by atoms with Crippen LogP contribution in [0.1, 0.15) is 0 Å². The summed E-state index contributed by atoms with van der Waals surface area (Å²) in [6.07, 6.45) is 7.06. The summed E-state index contributed by atoms with van der Waals surface area (Å²) < 4.78 is 0. The van der Waals surface area contributed by atoms with Crippen LogP contribution in [0.2, 0.25) is 0 Å². The predicted octanol–water partition coefficient (Wildman–Crippen LogP) is 10.6. The fourth-order valence-corrected chi connectivity index (χ4v) is 6.71. The van der Waals surface area contributed by atoms with Gasteiger partial charge >= 0.3 is 0 Å². The molecule has 0 amide bonds. The standard InChI is InChI=1S/C43H27N5/c1-2-15-33-31(13-1)32-14-3-4-16-34(32)36-18-7-8-20-38(36)40-25-28(21-22-39(40)37-19-6-5-17-35(33)37)41-46-42(29-11-9-23-44-26-29)48-43(47-41)30-12-10-24-45-27-30/h1-27H. The van der Waals surface area contributed by atoms with E-state index in [1.807, 2.05) is 24.3 Å². The Kier molecular flexibility index (Phi) is 6.72. The minimum absolute atomic E-state index is 0.559. The molecule has 0 spiro atoms. The summed E-state index contributed by atoms with van der Waals surface area (Å²) in [5.74, 6) is 1.70. The van der Waals surface area contributed by atoms with E-state index >= 15 is 0 Å². The summed E-state index contributed by atoms with van der Waals surface area (Å²) >= 11 is 0. The summed E-state index contributed by atoms with van der Waals surface area (Å²) in [6, 6.07) is 49.1. The molecule has 3 aromatic heterocycles. The van der Waals surface area contributed by atoms with E-state index in [9.17, 15) is 0 Å². The number of pyridine rings is 2. The van der Waals surface area contributed by atoms with Crippen molar-refractivity contribution in [1.29, 1.82) is 0 Å². The van der Waals surface area contributed by atoms with Gasteiger partial charge in [-0.2, -0.15) is 0 Å². The van der Waals surface area contributed by atoms with Gasteiger partial charge in [-0.1, -0.05) is 109 Å². The Hall–Kier alpha value is -6.59. The van der Waals surface area contributed by atoms with E-state index in [0.29, 0.717) is 17.5 Å². The van der Waals surface area contributed by atoms with Crippen molar-refractivity contribution in [3.63, 3.8) is 0 Å². The number of rotatable bonds is 3. The van der Waals surface area contributed by atoms with Crippen LogP contribution in [0.3, 0.4) is 0 Å². The highest BCUT2D eigenvalue weighted by Crippen LogP contribution is 2.37. The molecule has 3 heterocycles. The minimum Gasteiger partial charge on any atom is -0.264 e. The molecule has 0 unspecified atom stereocenters. The summed E-state index contributed by atoms with van der Waals surface area (Å²) in [5.41, 5.74) is 2.53. The average molecular weight is 614 g/mol. The van der Waals surface area contributed by atoms with Crippen LogP contribution in [0.25, 0.3) is 88.0 Å². The average Bonchev–Trinajstić information content (AvgIpc) is 3.18. The Bertz CT molecular complexity index is 2590. The molecule has 0 saturated carbocycles. The maximum absolute atomic E-state index is 5.01. The van der Waals surface area contributed by atoms with Gasteiger partial charge in [0.15, 0.2) is 17.5 Å². The Balaban J connectivity index is 1.45. The maximum atomic E-state index is 5.01. The van der Waals surface area contributed by atoms with Crippen LogP contribution < -0.4 is 0 Å². The second kappa shape index (κ2) is 11.6. The second-order valence-corrected chi connectivity index (χ2v) is 11.7. The van der Waals surface area contributed by atoms with Gasteiger partial charge in [-0.3, -0.25) is 9.97 Å². The highest BCUT2D eigenvalue weighted by atomic mass is 15.0. The molecule has 0 fully saturated rings. The molecular formula is C43H27N5. The first-order valence-corrected chi connectivity index (χ1v) is 15.9. The number of nitrogens with zero attached hydrogens (tertiary/aromatic N) is 5. The van der Waals surface area contributed by atoms with Crippen molar-refractivity contribution < 1.29 is 0 Å². The Labute approximate surface area is 276 Å². The molecule has 0 aliphatic carbocycles. The molecule has 9 rings (SSSR count). The Morgan fingerprint density at radius 1 is 0.271 bits per heavy atom. The van der Waals surface area contributed by atoms with Crippen molar-refractivity contribution in [3.8, 4) is 34.2 Å². The summed E-state index contributed by atoms with van der Waals surface area (Å²) in [5, 5.41) is 11.7.